The molecule has 0 spiro atoms. The summed E-state index contributed by atoms with van der Waals surface area (Å²) in [5.74, 6) is -1.15. The Hall–Kier alpha value is -1.57. The number of benzene rings is 1. The fourth-order valence-corrected chi connectivity index (χ4v) is 1.90. The van der Waals surface area contributed by atoms with Gasteiger partial charge in [0.05, 0.1) is 6.61 Å². The topological polar surface area (TPSA) is 81.4 Å². The maximum atomic E-state index is 12.2. The smallest absolute Gasteiger partial charge is 0.328 e. The second kappa shape index (κ2) is 8.16. The molecule has 4 radical (unpaired) electrons. The molecule has 1 aromatic carbocycles. The van der Waals surface area contributed by atoms with E-state index in [4.69, 9.17) is 9.15 Å². The fraction of sp³-hybridized carbons (Fsp3) is 0.400. The van der Waals surface area contributed by atoms with E-state index in [2.05, 4.69) is 10.3 Å². The molecule has 0 saturated heterocycles. The van der Waals surface area contributed by atoms with Gasteiger partial charge in [-0.25, -0.2) is 9.78 Å². The molecular weight excluding hydrogens is 391 g/mol. The first kappa shape index (κ1) is 18.5. The Labute approximate surface area is 145 Å². The number of para-hydroxylation sites is 2. The molecule has 0 bridgehead atoms. The van der Waals surface area contributed by atoms with E-state index in [1.54, 1.807) is 25.1 Å². The van der Waals surface area contributed by atoms with E-state index in [1.165, 1.54) is 0 Å². The van der Waals surface area contributed by atoms with Gasteiger partial charge in [-0.15, -0.1) is 0 Å². The molecule has 0 aliphatic rings. The van der Waals surface area contributed by atoms with Crippen LogP contribution in [0.2, 0.25) is 0 Å². The molecule has 6 nitrogen and oxygen atoms in total. The largest absolute Gasteiger partial charge is 0.464 e. The number of fused-ring (bicyclic) bond motifs is 1. The molecular formula is C15H18N2O4Sn. The van der Waals surface area contributed by atoms with E-state index < -0.39 is 17.9 Å². The van der Waals surface area contributed by atoms with Crippen molar-refractivity contribution >= 4 is 46.9 Å². The first-order chi connectivity index (χ1) is 10.0. The van der Waals surface area contributed by atoms with Gasteiger partial charge in [0.1, 0.15) is 11.6 Å². The predicted molar refractivity (Wildman–Crippen MR) is 82.5 cm³/mol. The van der Waals surface area contributed by atoms with Crippen molar-refractivity contribution in [1.82, 2.24) is 10.3 Å². The first-order valence-electron chi connectivity index (χ1n) is 6.86. The van der Waals surface area contributed by atoms with Gasteiger partial charge >= 0.3 is 11.9 Å². The molecule has 22 heavy (non-hydrogen) atoms. The summed E-state index contributed by atoms with van der Waals surface area (Å²) in [6.07, 6.45) is 0. The van der Waals surface area contributed by atoms with Crippen LogP contribution in [0.3, 0.4) is 0 Å². The molecule has 1 heterocycles. The number of aromatic nitrogens is 1. The summed E-state index contributed by atoms with van der Waals surface area (Å²) >= 11 is 0. The number of hydrogen-bond donors (Lipinski definition) is 1. The Morgan fingerprint density at radius 2 is 2.00 bits per heavy atom. The Balaban J connectivity index is 0.00000242. The Kier molecular flexibility index (Phi) is 6.86. The standard InChI is InChI=1S/C15H18N2O4.Sn/c1-4-20-15(19)12(9(2)3)17-13(18)14-16-10-7-5-6-8-11(10)21-14;/h5-9,12H,4H2,1-3H3,(H,17,18);/t12-;/m0./s1. The normalized spacial score (nSPS) is 11.8. The van der Waals surface area contributed by atoms with Crippen LogP contribution >= 0.6 is 0 Å². The van der Waals surface area contributed by atoms with Crippen molar-refractivity contribution in [1.29, 1.82) is 0 Å². The summed E-state index contributed by atoms with van der Waals surface area (Å²) in [6.45, 7) is 5.64. The summed E-state index contributed by atoms with van der Waals surface area (Å²) in [5.41, 5.74) is 1.12. The SMILES string of the molecule is CCOC(=O)[C@@H](NC(=O)c1nc2ccccc2o1)C(C)C.[Sn]. The molecule has 2 rings (SSSR count). The average Bonchev–Trinajstić information content (AvgIpc) is 2.88. The second-order valence-corrected chi connectivity index (χ2v) is 4.93. The molecule has 116 valence electrons. The Bertz CT molecular complexity index is 621. The zero-order valence-electron chi connectivity index (χ0n) is 12.8. The quantitative estimate of drug-likeness (QED) is 0.602. The van der Waals surface area contributed by atoms with Crippen LogP contribution in [0, 0.1) is 5.92 Å². The van der Waals surface area contributed by atoms with Crippen molar-refractivity contribution in [3.05, 3.63) is 30.2 Å². The molecule has 1 N–H and O–H groups in total. The van der Waals surface area contributed by atoms with Gasteiger partial charge in [-0.3, -0.25) is 4.79 Å². The summed E-state index contributed by atoms with van der Waals surface area (Å²) in [7, 11) is 0. The monoisotopic (exact) mass is 410 g/mol. The van der Waals surface area contributed by atoms with Crippen molar-refractivity contribution < 1.29 is 18.7 Å². The minimum Gasteiger partial charge on any atom is -0.464 e. The molecule has 1 aromatic heterocycles. The fourth-order valence-electron chi connectivity index (χ4n) is 1.90. The number of esters is 1. The number of carbonyl (C=O) groups is 2. The van der Waals surface area contributed by atoms with Gasteiger partial charge in [-0.1, -0.05) is 26.0 Å². The van der Waals surface area contributed by atoms with Crippen LogP contribution in [-0.2, 0) is 9.53 Å². The van der Waals surface area contributed by atoms with E-state index in [9.17, 15) is 9.59 Å². The van der Waals surface area contributed by atoms with Crippen LogP contribution in [-0.4, -0.2) is 53.4 Å². The van der Waals surface area contributed by atoms with Crippen LogP contribution < -0.4 is 5.32 Å². The van der Waals surface area contributed by atoms with Crippen LogP contribution in [0.5, 0.6) is 0 Å². The van der Waals surface area contributed by atoms with Gasteiger partial charge in [0.25, 0.3) is 5.89 Å². The van der Waals surface area contributed by atoms with Crippen molar-refractivity contribution in [2.45, 2.75) is 26.8 Å². The molecule has 0 aliphatic heterocycles. The van der Waals surface area contributed by atoms with Gasteiger partial charge in [0.15, 0.2) is 5.58 Å². The van der Waals surface area contributed by atoms with Gasteiger partial charge < -0.3 is 14.5 Å². The van der Waals surface area contributed by atoms with Crippen molar-refractivity contribution in [3.63, 3.8) is 0 Å². The van der Waals surface area contributed by atoms with Gasteiger partial charge in [0, 0.05) is 23.9 Å². The number of nitrogens with zero attached hydrogens (tertiary/aromatic N) is 1. The van der Waals surface area contributed by atoms with E-state index in [-0.39, 0.29) is 42.3 Å². The average molecular weight is 409 g/mol. The van der Waals surface area contributed by atoms with E-state index >= 15 is 0 Å². The van der Waals surface area contributed by atoms with Crippen LogP contribution in [0.15, 0.2) is 28.7 Å². The summed E-state index contributed by atoms with van der Waals surface area (Å²) in [6, 6.07) is 6.35. The summed E-state index contributed by atoms with van der Waals surface area (Å²) < 4.78 is 10.3. The Morgan fingerprint density at radius 3 is 2.59 bits per heavy atom. The number of nitrogens with one attached hydrogen (secondary N) is 1. The third-order valence-corrected chi connectivity index (χ3v) is 2.98. The maximum absolute atomic E-state index is 12.2. The maximum Gasteiger partial charge on any atom is 0.328 e. The zero-order chi connectivity index (χ0) is 15.4. The van der Waals surface area contributed by atoms with Crippen molar-refractivity contribution in [2.24, 2.45) is 5.92 Å². The van der Waals surface area contributed by atoms with Crippen molar-refractivity contribution in [3.8, 4) is 0 Å². The van der Waals surface area contributed by atoms with E-state index in [1.807, 2.05) is 19.9 Å². The first-order valence-corrected chi connectivity index (χ1v) is 6.86. The molecule has 0 fully saturated rings. The number of ether oxygens (including phenoxy) is 1. The number of rotatable bonds is 5. The molecule has 2 aromatic rings. The molecule has 0 unspecified atom stereocenters. The number of hydrogen-bond acceptors (Lipinski definition) is 5. The van der Waals surface area contributed by atoms with Crippen LogP contribution in [0.4, 0.5) is 0 Å². The van der Waals surface area contributed by atoms with E-state index in [0.717, 1.165) is 0 Å². The van der Waals surface area contributed by atoms with Crippen LogP contribution in [0.1, 0.15) is 31.5 Å². The summed E-state index contributed by atoms with van der Waals surface area (Å²) in [4.78, 5) is 28.1. The third kappa shape index (κ3) is 4.22. The minimum atomic E-state index is -0.729. The predicted octanol–water partition coefficient (Wildman–Crippen LogP) is 1.76. The minimum absolute atomic E-state index is 0. The van der Waals surface area contributed by atoms with E-state index in [0.29, 0.717) is 11.1 Å². The third-order valence-electron chi connectivity index (χ3n) is 2.98. The number of amides is 1. The summed E-state index contributed by atoms with van der Waals surface area (Å²) in [5, 5.41) is 2.61. The van der Waals surface area contributed by atoms with Gasteiger partial charge in [0.2, 0.25) is 0 Å². The Morgan fingerprint density at radius 1 is 1.32 bits per heavy atom. The van der Waals surface area contributed by atoms with Gasteiger partial charge in [-0.2, -0.15) is 0 Å². The molecule has 1 atom stereocenters. The van der Waals surface area contributed by atoms with Crippen molar-refractivity contribution in [2.75, 3.05) is 6.61 Å². The molecule has 7 heteroatoms. The van der Waals surface area contributed by atoms with Crippen LogP contribution in [0.25, 0.3) is 11.1 Å². The number of oxazole rings is 1. The molecule has 1 amide bonds. The number of carbonyl (C=O) groups excluding carboxylic acids is 2. The zero-order valence-corrected chi connectivity index (χ0v) is 15.6. The van der Waals surface area contributed by atoms with Gasteiger partial charge in [-0.05, 0) is 25.0 Å². The molecule has 0 aliphatic carbocycles. The second-order valence-electron chi connectivity index (χ2n) is 4.93. The molecule has 0 saturated carbocycles.